The molecule has 142 valence electrons. The van der Waals surface area contributed by atoms with Crippen molar-refractivity contribution in [2.24, 2.45) is 0 Å². The maximum absolute atomic E-state index is 14.2. The number of rotatable bonds is 11. The Hall–Kier alpha value is -2.24. The molecule has 0 aromatic heterocycles. The summed E-state index contributed by atoms with van der Waals surface area (Å²) in [5.74, 6) is -0.338. The number of hydrogen-bond donors (Lipinski definition) is 1. The predicted octanol–water partition coefficient (Wildman–Crippen LogP) is 5.11. The Kier molecular flexibility index (Phi) is 8.95. The molecule has 0 radical (unpaired) electrons. The zero-order valence-electron chi connectivity index (χ0n) is 15.1. The molecule has 2 aromatic carbocycles. The maximum Gasteiger partial charge on any atom is 0.167 e. The summed E-state index contributed by atoms with van der Waals surface area (Å²) in [5, 5.41) is 3.22. The molecule has 0 fully saturated rings. The Morgan fingerprint density at radius 1 is 1.19 bits per heavy atom. The predicted molar refractivity (Wildman–Crippen MR) is 111 cm³/mol. The number of Topliss-reactive ketones (excluding diaryl/α,β-unsaturated/α-hetero) is 1. The van der Waals surface area contributed by atoms with E-state index in [9.17, 15) is 9.18 Å². The number of nitrogens with one attached hydrogen (secondary N) is 1. The van der Waals surface area contributed by atoms with Gasteiger partial charge < -0.3 is 10.1 Å². The van der Waals surface area contributed by atoms with Gasteiger partial charge in [0, 0.05) is 23.0 Å². The number of halogens is 2. The van der Waals surface area contributed by atoms with E-state index < -0.39 is 5.82 Å². The molecule has 2 aromatic rings. The van der Waals surface area contributed by atoms with Crippen molar-refractivity contribution in [3.05, 3.63) is 88.7 Å². The van der Waals surface area contributed by atoms with Gasteiger partial charge in [0.25, 0.3) is 0 Å². The van der Waals surface area contributed by atoms with Crippen molar-refractivity contribution in [2.45, 2.75) is 12.8 Å². The van der Waals surface area contributed by atoms with Crippen molar-refractivity contribution in [3.63, 3.8) is 0 Å². The quantitative estimate of drug-likeness (QED) is 0.305. The molecule has 0 saturated heterocycles. The van der Waals surface area contributed by atoms with E-state index >= 15 is 0 Å². The Bertz CT molecular complexity index is 787. The Balaban J connectivity index is 1.82. The van der Waals surface area contributed by atoms with Crippen LogP contribution >= 0.6 is 15.9 Å². The summed E-state index contributed by atoms with van der Waals surface area (Å²) in [6, 6.07) is 11.8. The molecule has 0 aliphatic rings. The van der Waals surface area contributed by atoms with Gasteiger partial charge in [-0.1, -0.05) is 52.4 Å². The smallest absolute Gasteiger partial charge is 0.167 e. The topological polar surface area (TPSA) is 38.3 Å². The molecule has 5 heteroatoms. The maximum atomic E-state index is 14.2. The third kappa shape index (κ3) is 7.49. The van der Waals surface area contributed by atoms with Crippen LogP contribution in [0.5, 0.6) is 5.75 Å². The monoisotopic (exact) mass is 431 g/mol. The normalized spacial score (nSPS) is 10.9. The third-order valence-corrected chi connectivity index (χ3v) is 4.34. The van der Waals surface area contributed by atoms with Crippen molar-refractivity contribution in [1.82, 2.24) is 5.32 Å². The summed E-state index contributed by atoms with van der Waals surface area (Å²) in [7, 11) is 0. The number of carbonyl (C=O) groups excluding carboxylic acids is 1. The van der Waals surface area contributed by atoms with E-state index in [-0.39, 0.29) is 24.6 Å². The van der Waals surface area contributed by atoms with Gasteiger partial charge in [-0.3, -0.25) is 4.79 Å². The minimum absolute atomic E-state index is 0.0533. The fourth-order valence-corrected chi connectivity index (χ4v) is 2.64. The summed E-state index contributed by atoms with van der Waals surface area (Å²) in [6.45, 7) is 5.56. The van der Waals surface area contributed by atoms with Crippen molar-refractivity contribution in [3.8, 4) is 5.75 Å². The van der Waals surface area contributed by atoms with Gasteiger partial charge in [-0.2, -0.15) is 0 Å². The van der Waals surface area contributed by atoms with E-state index in [0.717, 1.165) is 24.0 Å². The molecular weight excluding hydrogens is 409 g/mol. The van der Waals surface area contributed by atoms with Gasteiger partial charge in [-0.25, -0.2) is 4.39 Å². The van der Waals surface area contributed by atoms with E-state index in [1.54, 1.807) is 24.3 Å². The first-order chi connectivity index (χ1) is 13.1. The molecule has 0 amide bonds. The highest BCUT2D eigenvalue weighted by atomic mass is 79.9. The van der Waals surface area contributed by atoms with Crippen LogP contribution in [0.15, 0.2) is 71.7 Å². The van der Waals surface area contributed by atoms with Crippen LogP contribution in [0.3, 0.4) is 0 Å². The van der Waals surface area contributed by atoms with E-state index in [2.05, 4.69) is 27.8 Å². The van der Waals surface area contributed by atoms with Crippen molar-refractivity contribution in [1.29, 1.82) is 0 Å². The van der Waals surface area contributed by atoms with E-state index in [1.165, 1.54) is 6.07 Å². The highest BCUT2D eigenvalue weighted by Gasteiger charge is 2.10. The summed E-state index contributed by atoms with van der Waals surface area (Å²) < 4.78 is 20.5. The van der Waals surface area contributed by atoms with E-state index in [0.29, 0.717) is 11.1 Å². The fraction of sp³-hybridized carbons (Fsp3) is 0.227. The lowest BCUT2D eigenvalue weighted by molar-refractivity contribution is 0.0993. The van der Waals surface area contributed by atoms with Crippen LogP contribution < -0.4 is 10.1 Å². The largest absolute Gasteiger partial charge is 0.486 e. The standard InChI is InChI=1S/C22H23BrFNO2/c1-2-3-12-25-13-4-5-14-27-22-11-6-17(15-20(22)24)16-21(26)18-7-9-19(23)10-8-18/h2,4-11,15,25H,1,3,12-14,16H2/b5-4+. The van der Waals surface area contributed by atoms with Crippen LogP contribution in [-0.4, -0.2) is 25.5 Å². The molecule has 0 aliphatic heterocycles. The van der Waals surface area contributed by atoms with Crippen LogP contribution in [0, 0.1) is 5.82 Å². The number of ether oxygens (including phenoxy) is 1. The molecule has 0 heterocycles. The number of benzene rings is 2. The van der Waals surface area contributed by atoms with Crippen LogP contribution in [0.2, 0.25) is 0 Å². The molecule has 2 rings (SSSR count). The summed E-state index contributed by atoms with van der Waals surface area (Å²) in [4.78, 5) is 12.3. The molecule has 0 spiro atoms. The molecule has 3 nitrogen and oxygen atoms in total. The number of hydrogen-bond acceptors (Lipinski definition) is 3. The molecule has 27 heavy (non-hydrogen) atoms. The summed E-state index contributed by atoms with van der Waals surface area (Å²) in [6.07, 6.45) is 6.71. The lowest BCUT2D eigenvalue weighted by Gasteiger charge is -2.07. The van der Waals surface area contributed by atoms with Crippen molar-refractivity contribution >= 4 is 21.7 Å². The minimum Gasteiger partial charge on any atom is -0.486 e. The second-order valence-corrected chi connectivity index (χ2v) is 6.85. The lowest BCUT2D eigenvalue weighted by atomic mass is 10.0. The number of carbonyl (C=O) groups is 1. The zero-order chi connectivity index (χ0) is 19.5. The van der Waals surface area contributed by atoms with Crippen LogP contribution in [0.4, 0.5) is 4.39 Å². The van der Waals surface area contributed by atoms with E-state index in [4.69, 9.17) is 4.74 Å². The lowest BCUT2D eigenvalue weighted by Crippen LogP contribution is -2.14. The second kappa shape index (κ2) is 11.5. The molecule has 0 unspecified atom stereocenters. The molecular formula is C22H23BrFNO2. The van der Waals surface area contributed by atoms with Gasteiger partial charge >= 0.3 is 0 Å². The van der Waals surface area contributed by atoms with Gasteiger partial charge in [0.05, 0.1) is 0 Å². The summed E-state index contributed by atoms with van der Waals surface area (Å²) >= 11 is 3.34. The third-order valence-electron chi connectivity index (χ3n) is 3.82. The zero-order valence-corrected chi connectivity index (χ0v) is 16.7. The average Bonchev–Trinajstić information content (AvgIpc) is 2.66. The molecule has 1 N–H and O–H groups in total. The molecule has 0 atom stereocenters. The van der Waals surface area contributed by atoms with Gasteiger partial charge in [-0.05, 0) is 42.8 Å². The average molecular weight is 432 g/mol. The first-order valence-electron chi connectivity index (χ1n) is 8.76. The minimum atomic E-state index is -0.464. The Labute approximate surface area is 168 Å². The first kappa shape index (κ1) is 21.1. The van der Waals surface area contributed by atoms with Crippen LogP contribution in [-0.2, 0) is 6.42 Å². The van der Waals surface area contributed by atoms with Gasteiger partial charge in [0.2, 0.25) is 0 Å². The van der Waals surface area contributed by atoms with Gasteiger partial charge in [0.15, 0.2) is 17.3 Å². The first-order valence-corrected chi connectivity index (χ1v) is 9.56. The number of ketones is 1. The fourth-order valence-electron chi connectivity index (χ4n) is 2.37. The van der Waals surface area contributed by atoms with Crippen molar-refractivity contribution in [2.75, 3.05) is 19.7 Å². The van der Waals surface area contributed by atoms with Gasteiger partial charge in [-0.15, -0.1) is 6.58 Å². The second-order valence-electron chi connectivity index (χ2n) is 5.94. The molecule has 0 bridgehead atoms. The molecule has 0 aliphatic carbocycles. The Morgan fingerprint density at radius 3 is 2.67 bits per heavy atom. The van der Waals surface area contributed by atoms with E-state index in [1.807, 2.05) is 30.4 Å². The van der Waals surface area contributed by atoms with Crippen molar-refractivity contribution < 1.29 is 13.9 Å². The van der Waals surface area contributed by atoms with Gasteiger partial charge in [0.1, 0.15) is 6.61 Å². The highest BCUT2D eigenvalue weighted by molar-refractivity contribution is 9.10. The SMILES string of the molecule is C=CCCNC/C=C/COc1ccc(CC(=O)c2ccc(Br)cc2)cc1F. The van der Waals surface area contributed by atoms with Crippen LogP contribution in [0.1, 0.15) is 22.3 Å². The Morgan fingerprint density at radius 2 is 1.96 bits per heavy atom. The van der Waals surface area contributed by atoms with Crippen LogP contribution in [0.25, 0.3) is 0 Å². The summed E-state index contributed by atoms with van der Waals surface area (Å²) in [5.41, 5.74) is 1.22. The molecule has 0 saturated carbocycles. The highest BCUT2D eigenvalue weighted by Crippen LogP contribution is 2.20.